The average molecular weight is 375 g/mol. The molecule has 0 saturated heterocycles. The Labute approximate surface area is 143 Å². The molecule has 1 N–H and O–H groups in total. The van der Waals surface area contributed by atoms with E-state index in [2.05, 4.69) is 39.9 Å². The largest absolute Gasteiger partial charge is 0.392 e. The average Bonchev–Trinajstić information content (AvgIpc) is 2.95. The molecule has 0 amide bonds. The maximum absolute atomic E-state index is 10.0. The first kappa shape index (κ1) is 16.1. The highest BCUT2D eigenvalue weighted by atomic mass is 79.9. The van der Waals surface area contributed by atoms with Crippen molar-refractivity contribution in [3.05, 3.63) is 40.4 Å². The van der Waals surface area contributed by atoms with Gasteiger partial charge in [0.15, 0.2) is 5.65 Å². The van der Waals surface area contributed by atoms with E-state index in [4.69, 9.17) is 4.98 Å². The zero-order valence-electron chi connectivity index (χ0n) is 13.4. The molecule has 5 nitrogen and oxygen atoms in total. The predicted molar refractivity (Wildman–Crippen MR) is 94.1 cm³/mol. The normalized spacial score (nSPS) is 11.6. The first-order valence-corrected chi connectivity index (χ1v) is 8.46. The van der Waals surface area contributed by atoms with Gasteiger partial charge in [-0.1, -0.05) is 13.8 Å². The smallest absolute Gasteiger partial charge is 0.158 e. The maximum Gasteiger partial charge on any atom is 0.158 e. The standard InChI is InChI=1S/C17H19BrN4O/c1-4-22-17-13(8-20-22)15(11-5-12(18)7-19-6-11)14(9-23)16(21-17)10(2)3/h5-8,10,23H,4,9H2,1-3H3. The number of aliphatic hydroxyl groups is 1. The summed E-state index contributed by atoms with van der Waals surface area (Å²) < 4.78 is 2.79. The van der Waals surface area contributed by atoms with Crippen LogP contribution < -0.4 is 0 Å². The van der Waals surface area contributed by atoms with Crippen molar-refractivity contribution in [1.29, 1.82) is 0 Å². The van der Waals surface area contributed by atoms with E-state index in [0.717, 1.165) is 44.4 Å². The maximum atomic E-state index is 10.0. The van der Waals surface area contributed by atoms with Crippen molar-refractivity contribution in [1.82, 2.24) is 19.7 Å². The number of rotatable bonds is 4. The highest BCUT2D eigenvalue weighted by molar-refractivity contribution is 9.10. The Morgan fingerprint density at radius 3 is 2.65 bits per heavy atom. The first-order valence-electron chi connectivity index (χ1n) is 7.66. The van der Waals surface area contributed by atoms with Gasteiger partial charge < -0.3 is 5.11 Å². The van der Waals surface area contributed by atoms with Gasteiger partial charge in [-0.25, -0.2) is 9.67 Å². The third kappa shape index (κ3) is 2.77. The lowest BCUT2D eigenvalue weighted by atomic mass is 9.93. The second-order valence-electron chi connectivity index (χ2n) is 5.75. The van der Waals surface area contributed by atoms with Crippen LogP contribution in [0, 0.1) is 0 Å². The van der Waals surface area contributed by atoms with Gasteiger partial charge in [-0.05, 0) is 34.8 Å². The Morgan fingerprint density at radius 2 is 2.04 bits per heavy atom. The molecule has 23 heavy (non-hydrogen) atoms. The number of fused-ring (bicyclic) bond motifs is 1. The van der Waals surface area contributed by atoms with Crippen molar-refractivity contribution in [3.63, 3.8) is 0 Å². The molecule has 0 radical (unpaired) electrons. The van der Waals surface area contributed by atoms with Crippen LogP contribution >= 0.6 is 15.9 Å². The van der Waals surface area contributed by atoms with Crippen LogP contribution in [0.2, 0.25) is 0 Å². The van der Waals surface area contributed by atoms with E-state index in [1.54, 1.807) is 6.20 Å². The number of hydrogen-bond donors (Lipinski definition) is 1. The van der Waals surface area contributed by atoms with Crippen LogP contribution in [0.1, 0.15) is 37.9 Å². The summed E-state index contributed by atoms with van der Waals surface area (Å²) in [6.45, 7) is 6.91. The molecule has 0 aliphatic carbocycles. The van der Waals surface area contributed by atoms with Crippen LogP contribution in [0.25, 0.3) is 22.2 Å². The van der Waals surface area contributed by atoms with Crippen molar-refractivity contribution in [3.8, 4) is 11.1 Å². The van der Waals surface area contributed by atoms with Gasteiger partial charge in [0.1, 0.15) is 0 Å². The van der Waals surface area contributed by atoms with Crippen molar-refractivity contribution in [2.75, 3.05) is 0 Å². The van der Waals surface area contributed by atoms with Crippen LogP contribution in [0.4, 0.5) is 0 Å². The van der Waals surface area contributed by atoms with Crippen LogP contribution in [0.3, 0.4) is 0 Å². The molecule has 3 aromatic rings. The molecule has 0 aliphatic rings. The minimum absolute atomic E-state index is 0.0599. The van der Waals surface area contributed by atoms with Gasteiger partial charge in [-0.3, -0.25) is 4.98 Å². The molecule has 3 aromatic heterocycles. The summed E-state index contributed by atoms with van der Waals surface area (Å²) in [6.07, 6.45) is 5.39. The van der Waals surface area contributed by atoms with E-state index in [1.165, 1.54) is 0 Å². The lowest BCUT2D eigenvalue weighted by molar-refractivity contribution is 0.280. The molecule has 6 heteroatoms. The molecule has 0 spiro atoms. The van der Waals surface area contributed by atoms with Crippen molar-refractivity contribution in [2.24, 2.45) is 0 Å². The molecular formula is C17H19BrN4O. The van der Waals surface area contributed by atoms with Gasteiger partial charge in [0.25, 0.3) is 0 Å². The van der Waals surface area contributed by atoms with E-state index < -0.39 is 0 Å². The molecule has 0 saturated carbocycles. The second-order valence-corrected chi connectivity index (χ2v) is 6.67. The van der Waals surface area contributed by atoms with Gasteiger partial charge in [0, 0.05) is 45.5 Å². The topological polar surface area (TPSA) is 63.8 Å². The summed E-state index contributed by atoms with van der Waals surface area (Å²) in [6, 6.07) is 2.01. The monoisotopic (exact) mass is 374 g/mol. The molecule has 0 aromatic carbocycles. The van der Waals surface area contributed by atoms with Gasteiger partial charge in [0.2, 0.25) is 0 Å². The first-order chi connectivity index (χ1) is 11.1. The van der Waals surface area contributed by atoms with E-state index in [9.17, 15) is 5.11 Å². The fourth-order valence-corrected chi connectivity index (χ4v) is 3.26. The lowest BCUT2D eigenvalue weighted by Gasteiger charge is -2.16. The van der Waals surface area contributed by atoms with Crippen molar-refractivity contribution < 1.29 is 5.11 Å². The number of aromatic nitrogens is 4. The van der Waals surface area contributed by atoms with Crippen LogP contribution in [-0.2, 0) is 13.2 Å². The highest BCUT2D eigenvalue weighted by Crippen LogP contribution is 2.36. The quantitative estimate of drug-likeness (QED) is 0.752. The highest BCUT2D eigenvalue weighted by Gasteiger charge is 2.20. The number of pyridine rings is 2. The molecule has 0 aliphatic heterocycles. The minimum Gasteiger partial charge on any atom is -0.392 e. The summed E-state index contributed by atoms with van der Waals surface area (Å²) in [5, 5.41) is 15.4. The van der Waals surface area contributed by atoms with Crippen LogP contribution in [-0.4, -0.2) is 24.9 Å². The van der Waals surface area contributed by atoms with Crippen LogP contribution in [0.5, 0.6) is 0 Å². The minimum atomic E-state index is -0.0599. The molecular weight excluding hydrogens is 356 g/mol. The predicted octanol–water partition coefficient (Wildman–Crippen LogP) is 3.89. The third-order valence-corrected chi connectivity index (χ3v) is 4.35. The molecule has 120 valence electrons. The fraction of sp³-hybridized carbons (Fsp3) is 0.353. The number of halogens is 1. The second kappa shape index (κ2) is 6.37. The number of nitrogens with zero attached hydrogens (tertiary/aromatic N) is 4. The summed E-state index contributed by atoms with van der Waals surface area (Å²) in [7, 11) is 0. The van der Waals surface area contributed by atoms with Gasteiger partial charge in [-0.15, -0.1) is 0 Å². The van der Waals surface area contributed by atoms with Gasteiger partial charge in [0.05, 0.1) is 18.5 Å². The fourth-order valence-electron chi connectivity index (χ4n) is 2.89. The molecule has 0 bridgehead atoms. The Bertz CT molecular complexity index is 857. The van der Waals surface area contributed by atoms with Gasteiger partial charge in [-0.2, -0.15) is 5.10 Å². The van der Waals surface area contributed by atoms with Crippen molar-refractivity contribution in [2.45, 2.75) is 39.8 Å². The molecule has 0 atom stereocenters. The summed E-state index contributed by atoms with van der Waals surface area (Å²) >= 11 is 3.47. The number of aryl methyl sites for hydroxylation is 1. The molecule has 0 fully saturated rings. The van der Waals surface area contributed by atoms with Crippen LogP contribution in [0.15, 0.2) is 29.1 Å². The third-order valence-electron chi connectivity index (χ3n) is 3.92. The zero-order chi connectivity index (χ0) is 16.6. The Kier molecular flexibility index (Phi) is 4.46. The SMILES string of the molecule is CCn1ncc2c(-c3cncc(Br)c3)c(CO)c(C(C)C)nc21. The number of hydrogen-bond acceptors (Lipinski definition) is 4. The zero-order valence-corrected chi connectivity index (χ0v) is 15.0. The molecule has 3 rings (SSSR count). The Balaban J connectivity index is 2.43. The van der Waals surface area contributed by atoms with E-state index in [1.807, 2.05) is 30.1 Å². The molecule has 3 heterocycles. The lowest BCUT2D eigenvalue weighted by Crippen LogP contribution is -2.06. The van der Waals surface area contributed by atoms with E-state index in [-0.39, 0.29) is 12.5 Å². The van der Waals surface area contributed by atoms with Gasteiger partial charge >= 0.3 is 0 Å². The molecule has 0 unspecified atom stereocenters. The van der Waals surface area contributed by atoms with E-state index in [0.29, 0.717) is 0 Å². The Hall–Kier alpha value is -1.79. The van der Waals surface area contributed by atoms with Crippen molar-refractivity contribution >= 4 is 27.0 Å². The number of aliphatic hydroxyl groups excluding tert-OH is 1. The van der Waals surface area contributed by atoms with E-state index >= 15 is 0 Å². The summed E-state index contributed by atoms with van der Waals surface area (Å²) in [4.78, 5) is 9.06. The summed E-state index contributed by atoms with van der Waals surface area (Å²) in [5.41, 5.74) is 4.53. The summed E-state index contributed by atoms with van der Waals surface area (Å²) in [5.74, 6) is 0.209. The Morgan fingerprint density at radius 1 is 1.26 bits per heavy atom.